The highest BCUT2D eigenvalue weighted by Gasteiger charge is 2.18. The van der Waals surface area contributed by atoms with Gasteiger partial charge < -0.3 is 14.0 Å². The van der Waals surface area contributed by atoms with Crippen molar-refractivity contribution in [2.45, 2.75) is 13.5 Å². The number of ether oxygens (including phenoxy) is 2. The summed E-state index contributed by atoms with van der Waals surface area (Å²) in [5, 5.41) is 11.0. The molecule has 2 aromatic rings. The van der Waals surface area contributed by atoms with Crippen molar-refractivity contribution >= 4 is 11.5 Å². The van der Waals surface area contributed by atoms with E-state index in [0.717, 1.165) is 16.8 Å². The second-order valence-electron chi connectivity index (χ2n) is 5.05. The summed E-state index contributed by atoms with van der Waals surface area (Å²) >= 11 is 0. The molecule has 0 atom stereocenters. The molecule has 0 spiro atoms. The van der Waals surface area contributed by atoms with Crippen LogP contribution in [0.15, 0.2) is 35.3 Å². The van der Waals surface area contributed by atoms with Crippen LogP contribution in [0.3, 0.4) is 0 Å². The summed E-state index contributed by atoms with van der Waals surface area (Å²) in [6.07, 6.45) is 1.07. The number of benzene rings is 1. The Morgan fingerprint density at radius 2 is 1.96 bits per heavy atom. The van der Waals surface area contributed by atoms with Crippen LogP contribution >= 0.6 is 0 Å². The number of rotatable bonds is 6. The number of pyridine rings is 1. The lowest BCUT2D eigenvalue weighted by atomic mass is 10.1. The fraction of sp³-hybridized carbons (Fsp3) is 0.250. The number of ketones is 1. The third-order valence-electron chi connectivity index (χ3n) is 3.52. The number of hydrogen-bond acceptors (Lipinski definition) is 6. The maximum atomic E-state index is 12.5. The first-order valence-corrected chi connectivity index (χ1v) is 6.98. The molecule has 0 N–H and O–H groups in total. The number of Topliss-reactive ketones (excluding diaryl/α,β-unsaturated/α-hetero) is 1. The molecule has 0 bridgehead atoms. The van der Waals surface area contributed by atoms with Crippen LogP contribution in [0.2, 0.25) is 0 Å². The fourth-order valence-electron chi connectivity index (χ4n) is 2.24. The Morgan fingerprint density at radius 3 is 2.54 bits per heavy atom. The second kappa shape index (κ2) is 6.95. The number of carbonyl (C=O) groups excluding carboxylic acids is 1. The molecule has 0 radical (unpaired) electrons. The van der Waals surface area contributed by atoms with Crippen molar-refractivity contribution in [3.8, 4) is 11.5 Å². The SMILES string of the molecule is COc1ccc(C(=O)Cn2cc([N+](=O)[O-])c(C)cc2=O)c(OC)c1. The van der Waals surface area contributed by atoms with Crippen molar-refractivity contribution in [2.24, 2.45) is 0 Å². The molecule has 126 valence electrons. The first-order valence-electron chi connectivity index (χ1n) is 6.98. The average Bonchev–Trinajstić information content (AvgIpc) is 2.56. The lowest BCUT2D eigenvalue weighted by Crippen LogP contribution is -2.24. The molecule has 0 unspecified atom stereocenters. The van der Waals surface area contributed by atoms with Gasteiger partial charge in [0.1, 0.15) is 11.5 Å². The Morgan fingerprint density at radius 1 is 1.25 bits per heavy atom. The van der Waals surface area contributed by atoms with E-state index in [1.165, 1.54) is 27.2 Å². The van der Waals surface area contributed by atoms with Crippen LogP contribution in [0.1, 0.15) is 15.9 Å². The zero-order valence-corrected chi connectivity index (χ0v) is 13.4. The lowest BCUT2D eigenvalue weighted by Gasteiger charge is -2.11. The normalized spacial score (nSPS) is 10.3. The van der Waals surface area contributed by atoms with Gasteiger partial charge >= 0.3 is 0 Å². The minimum absolute atomic E-state index is 0.218. The molecule has 8 nitrogen and oxygen atoms in total. The largest absolute Gasteiger partial charge is 0.497 e. The number of nitrogens with zero attached hydrogens (tertiary/aromatic N) is 2. The van der Waals surface area contributed by atoms with Gasteiger partial charge in [-0.15, -0.1) is 0 Å². The molecular weight excluding hydrogens is 316 g/mol. The zero-order chi connectivity index (χ0) is 17.9. The third-order valence-corrected chi connectivity index (χ3v) is 3.52. The molecule has 24 heavy (non-hydrogen) atoms. The summed E-state index contributed by atoms with van der Waals surface area (Å²) in [5.41, 5.74) is -0.202. The van der Waals surface area contributed by atoms with Gasteiger partial charge in [-0.05, 0) is 19.1 Å². The maximum Gasteiger partial charge on any atom is 0.288 e. The average molecular weight is 332 g/mol. The van der Waals surface area contributed by atoms with Gasteiger partial charge in [-0.2, -0.15) is 0 Å². The topological polar surface area (TPSA) is 101 Å². The predicted octanol–water partition coefficient (Wildman–Crippen LogP) is 1.97. The molecule has 0 fully saturated rings. The van der Waals surface area contributed by atoms with Crippen LogP contribution in [0, 0.1) is 17.0 Å². The van der Waals surface area contributed by atoms with Gasteiger partial charge in [-0.3, -0.25) is 19.7 Å². The smallest absolute Gasteiger partial charge is 0.288 e. The number of aryl methyl sites for hydroxylation is 1. The van der Waals surface area contributed by atoms with E-state index in [0.29, 0.717) is 11.5 Å². The van der Waals surface area contributed by atoms with Crippen LogP contribution in [0.4, 0.5) is 5.69 Å². The molecule has 0 saturated heterocycles. The molecule has 1 heterocycles. The van der Waals surface area contributed by atoms with Crippen LogP contribution in [-0.4, -0.2) is 29.5 Å². The molecule has 0 amide bonds. The molecule has 1 aromatic heterocycles. The van der Waals surface area contributed by atoms with E-state index in [-0.39, 0.29) is 23.4 Å². The summed E-state index contributed by atoms with van der Waals surface area (Å²) in [4.78, 5) is 34.8. The highest BCUT2D eigenvalue weighted by atomic mass is 16.6. The molecule has 0 aliphatic heterocycles. The third kappa shape index (κ3) is 3.43. The summed E-state index contributed by atoms with van der Waals surface area (Å²) in [7, 11) is 2.90. The summed E-state index contributed by atoms with van der Waals surface area (Å²) in [6, 6.07) is 5.80. The summed E-state index contributed by atoms with van der Waals surface area (Å²) in [5.74, 6) is 0.412. The molecule has 0 aliphatic carbocycles. The van der Waals surface area contributed by atoms with E-state index >= 15 is 0 Å². The Labute approximate surface area is 137 Å². The van der Waals surface area contributed by atoms with Crippen LogP contribution in [-0.2, 0) is 6.54 Å². The molecule has 0 aliphatic rings. The van der Waals surface area contributed by atoms with Gasteiger partial charge in [0.2, 0.25) is 0 Å². The molecule has 1 aromatic carbocycles. The van der Waals surface area contributed by atoms with E-state index in [2.05, 4.69) is 0 Å². The van der Waals surface area contributed by atoms with Gasteiger partial charge in [0.25, 0.3) is 11.2 Å². The molecule has 2 rings (SSSR count). The van der Waals surface area contributed by atoms with E-state index in [1.54, 1.807) is 12.1 Å². The highest BCUT2D eigenvalue weighted by Crippen LogP contribution is 2.25. The lowest BCUT2D eigenvalue weighted by molar-refractivity contribution is -0.385. The van der Waals surface area contributed by atoms with E-state index in [9.17, 15) is 19.7 Å². The standard InChI is InChI=1S/C16H16N2O6/c1-10-6-16(20)17(8-13(10)18(21)22)9-14(19)12-5-4-11(23-2)7-15(12)24-3/h4-8H,9H2,1-3H3. The summed E-state index contributed by atoms with van der Waals surface area (Å²) < 4.78 is 11.2. The van der Waals surface area contributed by atoms with Crippen molar-refractivity contribution in [1.82, 2.24) is 4.57 Å². The minimum atomic E-state index is -0.594. The minimum Gasteiger partial charge on any atom is -0.497 e. The van der Waals surface area contributed by atoms with E-state index in [4.69, 9.17) is 9.47 Å². The first kappa shape index (κ1) is 17.2. The van der Waals surface area contributed by atoms with Gasteiger partial charge in [0, 0.05) is 17.7 Å². The van der Waals surface area contributed by atoms with E-state index in [1.807, 2.05) is 0 Å². The Kier molecular flexibility index (Phi) is 4.98. The van der Waals surface area contributed by atoms with Crippen LogP contribution < -0.4 is 15.0 Å². The Balaban J connectivity index is 2.38. The van der Waals surface area contributed by atoms with Crippen molar-refractivity contribution in [1.29, 1.82) is 0 Å². The monoisotopic (exact) mass is 332 g/mol. The number of aromatic nitrogens is 1. The Bertz CT molecular complexity index is 856. The number of methoxy groups -OCH3 is 2. The van der Waals surface area contributed by atoms with Crippen LogP contribution in [0.5, 0.6) is 11.5 Å². The van der Waals surface area contributed by atoms with Crippen molar-refractivity contribution in [2.75, 3.05) is 14.2 Å². The number of hydrogen-bond donors (Lipinski definition) is 0. The maximum absolute atomic E-state index is 12.5. The van der Waals surface area contributed by atoms with Gasteiger partial charge in [0.05, 0.1) is 37.4 Å². The molecule has 0 saturated carbocycles. The zero-order valence-electron chi connectivity index (χ0n) is 13.4. The van der Waals surface area contributed by atoms with Crippen LogP contribution in [0.25, 0.3) is 0 Å². The molecule has 8 heteroatoms. The van der Waals surface area contributed by atoms with E-state index < -0.39 is 16.3 Å². The second-order valence-corrected chi connectivity index (χ2v) is 5.05. The predicted molar refractivity (Wildman–Crippen MR) is 86.0 cm³/mol. The fourth-order valence-corrected chi connectivity index (χ4v) is 2.24. The highest BCUT2D eigenvalue weighted by molar-refractivity contribution is 5.98. The molecular formula is C16H16N2O6. The Hall–Kier alpha value is -3.16. The first-order chi connectivity index (χ1) is 11.4. The number of nitro groups is 1. The van der Waals surface area contributed by atoms with Crippen molar-refractivity contribution in [3.05, 3.63) is 62.1 Å². The van der Waals surface area contributed by atoms with Gasteiger partial charge in [0.15, 0.2) is 5.78 Å². The summed E-state index contributed by atoms with van der Waals surface area (Å²) in [6.45, 7) is 1.14. The van der Waals surface area contributed by atoms with Gasteiger partial charge in [-0.25, -0.2) is 0 Å². The van der Waals surface area contributed by atoms with Gasteiger partial charge in [-0.1, -0.05) is 0 Å². The number of carbonyl (C=O) groups is 1. The quantitative estimate of drug-likeness (QED) is 0.455. The van der Waals surface area contributed by atoms with Crippen molar-refractivity contribution < 1.29 is 19.2 Å². The van der Waals surface area contributed by atoms with Crippen molar-refractivity contribution in [3.63, 3.8) is 0 Å².